The molecule has 1 fully saturated rings. The molecular formula is C21H26ClN3O4. The predicted molar refractivity (Wildman–Crippen MR) is 110 cm³/mol. The number of nitrogens with one attached hydrogen (secondary N) is 2. The number of carbonyl (C=O) groups excluding carboxylic acids is 2. The van der Waals surface area contributed by atoms with Crippen LogP contribution in [-0.4, -0.2) is 56.1 Å². The molecule has 0 spiro atoms. The Morgan fingerprint density at radius 2 is 1.90 bits per heavy atom. The zero-order valence-corrected chi connectivity index (χ0v) is 17.2. The second kappa shape index (κ2) is 10.4. The van der Waals surface area contributed by atoms with E-state index in [0.29, 0.717) is 30.3 Å². The summed E-state index contributed by atoms with van der Waals surface area (Å²) >= 11 is 6.02. The number of carbonyl (C=O) groups is 2. The van der Waals surface area contributed by atoms with Crippen molar-refractivity contribution in [2.24, 2.45) is 0 Å². The van der Waals surface area contributed by atoms with Crippen LogP contribution in [0, 0.1) is 6.92 Å². The van der Waals surface area contributed by atoms with E-state index < -0.39 is 0 Å². The Hall–Kier alpha value is -2.35. The Bertz CT molecular complexity index is 833. The third-order valence-corrected chi connectivity index (χ3v) is 5.15. The first kappa shape index (κ1) is 21.4. The third-order valence-electron chi connectivity index (χ3n) is 4.82. The van der Waals surface area contributed by atoms with Gasteiger partial charge in [-0.25, -0.2) is 0 Å². The van der Waals surface area contributed by atoms with Crippen LogP contribution in [0.15, 0.2) is 40.8 Å². The first-order chi connectivity index (χ1) is 14.0. The highest BCUT2D eigenvalue weighted by molar-refractivity contribution is 6.33. The maximum atomic E-state index is 12.3. The monoisotopic (exact) mass is 419 g/mol. The molecule has 1 saturated heterocycles. The van der Waals surface area contributed by atoms with Crippen LogP contribution in [0.1, 0.15) is 34.3 Å². The number of nitrogens with zero attached hydrogens (tertiary/aromatic N) is 1. The maximum absolute atomic E-state index is 12.3. The summed E-state index contributed by atoms with van der Waals surface area (Å²) in [4.78, 5) is 26.7. The van der Waals surface area contributed by atoms with Crippen LogP contribution in [0.25, 0.3) is 0 Å². The zero-order valence-electron chi connectivity index (χ0n) is 16.4. The van der Waals surface area contributed by atoms with Crippen molar-refractivity contribution in [1.82, 2.24) is 15.5 Å². The summed E-state index contributed by atoms with van der Waals surface area (Å²) in [7, 11) is 0. The van der Waals surface area contributed by atoms with Crippen molar-refractivity contribution in [3.63, 3.8) is 0 Å². The van der Waals surface area contributed by atoms with Crippen molar-refractivity contribution in [1.29, 1.82) is 0 Å². The zero-order chi connectivity index (χ0) is 20.6. The van der Waals surface area contributed by atoms with E-state index in [1.807, 2.05) is 19.1 Å². The van der Waals surface area contributed by atoms with Gasteiger partial charge >= 0.3 is 0 Å². The molecule has 0 radical (unpaired) electrons. The van der Waals surface area contributed by atoms with Gasteiger partial charge in [0.05, 0.1) is 29.8 Å². The van der Waals surface area contributed by atoms with Crippen molar-refractivity contribution in [2.45, 2.75) is 19.4 Å². The highest BCUT2D eigenvalue weighted by Gasteiger charge is 2.25. The lowest BCUT2D eigenvalue weighted by molar-refractivity contribution is -0.121. The van der Waals surface area contributed by atoms with Crippen molar-refractivity contribution in [2.75, 3.05) is 39.4 Å². The molecule has 1 atom stereocenters. The molecule has 3 rings (SSSR count). The van der Waals surface area contributed by atoms with Crippen LogP contribution in [0.4, 0.5) is 0 Å². The number of amides is 2. The van der Waals surface area contributed by atoms with Gasteiger partial charge in [0.1, 0.15) is 11.5 Å². The van der Waals surface area contributed by atoms with Crippen LogP contribution < -0.4 is 10.6 Å². The summed E-state index contributed by atoms with van der Waals surface area (Å²) in [5.74, 6) is 1.25. The number of ether oxygens (including phenoxy) is 1. The third kappa shape index (κ3) is 6.06. The molecule has 0 bridgehead atoms. The Labute approximate surface area is 175 Å². The molecule has 1 aromatic carbocycles. The van der Waals surface area contributed by atoms with Gasteiger partial charge in [0, 0.05) is 32.6 Å². The minimum Gasteiger partial charge on any atom is -0.465 e. The lowest BCUT2D eigenvalue weighted by Crippen LogP contribution is -2.44. The summed E-state index contributed by atoms with van der Waals surface area (Å²) in [6.45, 7) is 5.47. The number of furan rings is 1. The van der Waals surface area contributed by atoms with Gasteiger partial charge in [-0.3, -0.25) is 14.5 Å². The summed E-state index contributed by atoms with van der Waals surface area (Å²) in [6.07, 6.45) is 0.184. The van der Waals surface area contributed by atoms with Gasteiger partial charge in [0.15, 0.2) is 0 Å². The molecule has 2 aromatic rings. The first-order valence-corrected chi connectivity index (χ1v) is 10.1. The van der Waals surface area contributed by atoms with E-state index in [4.69, 9.17) is 20.8 Å². The Morgan fingerprint density at radius 3 is 2.59 bits per heavy atom. The fraction of sp³-hybridized carbons (Fsp3) is 0.429. The number of aryl methyl sites for hydroxylation is 1. The van der Waals surface area contributed by atoms with Gasteiger partial charge in [-0.2, -0.15) is 0 Å². The minimum absolute atomic E-state index is 0.0470. The van der Waals surface area contributed by atoms with E-state index in [1.165, 1.54) is 0 Å². The summed E-state index contributed by atoms with van der Waals surface area (Å²) in [6, 6.07) is 10.6. The predicted octanol–water partition coefficient (Wildman–Crippen LogP) is 2.55. The van der Waals surface area contributed by atoms with Crippen molar-refractivity contribution < 1.29 is 18.7 Å². The molecule has 2 N–H and O–H groups in total. The molecule has 0 saturated carbocycles. The molecule has 29 heavy (non-hydrogen) atoms. The van der Waals surface area contributed by atoms with E-state index in [2.05, 4.69) is 15.5 Å². The minimum atomic E-state index is -0.291. The molecule has 8 heteroatoms. The summed E-state index contributed by atoms with van der Waals surface area (Å²) < 4.78 is 11.2. The molecule has 2 heterocycles. The van der Waals surface area contributed by atoms with Crippen molar-refractivity contribution in [3.8, 4) is 0 Å². The van der Waals surface area contributed by atoms with Crippen LogP contribution in [0.3, 0.4) is 0 Å². The number of morpholine rings is 1. The molecule has 156 valence electrons. The molecule has 1 aliphatic rings. The number of hydrogen-bond acceptors (Lipinski definition) is 5. The van der Waals surface area contributed by atoms with Gasteiger partial charge in [-0.15, -0.1) is 0 Å². The maximum Gasteiger partial charge on any atom is 0.252 e. The SMILES string of the molecule is Cc1ccc(C(CNC(=O)CCNC(=O)c2ccccc2Cl)N2CCOCC2)o1. The van der Waals surface area contributed by atoms with E-state index in [1.54, 1.807) is 24.3 Å². The fourth-order valence-corrected chi connectivity index (χ4v) is 3.48. The second-order valence-electron chi connectivity index (χ2n) is 6.90. The quantitative estimate of drug-likeness (QED) is 0.687. The molecule has 2 amide bonds. The van der Waals surface area contributed by atoms with E-state index in [0.717, 1.165) is 24.6 Å². The topological polar surface area (TPSA) is 83.8 Å². The van der Waals surface area contributed by atoms with Crippen LogP contribution in [0.2, 0.25) is 5.02 Å². The van der Waals surface area contributed by atoms with Crippen LogP contribution >= 0.6 is 11.6 Å². The van der Waals surface area contributed by atoms with E-state index in [9.17, 15) is 9.59 Å². The average Bonchev–Trinajstić information content (AvgIpc) is 3.15. The molecule has 1 unspecified atom stereocenters. The van der Waals surface area contributed by atoms with E-state index >= 15 is 0 Å². The molecule has 1 aliphatic heterocycles. The number of benzene rings is 1. The van der Waals surface area contributed by atoms with E-state index in [-0.39, 0.29) is 30.8 Å². The first-order valence-electron chi connectivity index (χ1n) is 9.72. The van der Waals surface area contributed by atoms with Crippen LogP contribution in [-0.2, 0) is 9.53 Å². The smallest absolute Gasteiger partial charge is 0.252 e. The Kier molecular flexibility index (Phi) is 7.69. The normalized spacial score (nSPS) is 15.7. The van der Waals surface area contributed by atoms with Crippen molar-refractivity contribution >= 4 is 23.4 Å². The average molecular weight is 420 g/mol. The highest BCUT2D eigenvalue weighted by Crippen LogP contribution is 2.23. The second-order valence-corrected chi connectivity index (χ2v) is 7.31. The van der Waals surface area contributed by atoms with Gasteiger partial charge in [0.25, 0.3) is 5.91 Å². The fourth-order valence-electron chi connectivity index (χ4n) is 3.26. The Morgan fingerprint density at radius 1 is 1.14 bits per heavy atom. The van der Waals surface area contributed by atoms with Gasteiger partial charge in [-0.05, 0) is 31.2 Å². The van der Waals surface area contributed by atoms with Gasteiger partial charge in [-0.1, -0.05) is 23.7 Å². The molecule has 0 aliphatic carbocycles. The molecular weight excluding hydrogens is 394 g/mol. The van der Waals surface area contributed by atoms with Crippen LogP contribution in [0.5, 0.6) is 0 Å². The number of rotatable bonds is 8. The summed E-state index contributed by atoms with van der Waals surface area (Å²) in [5, 5.41) is 6.07. The lowest BCUT2D eigenvalue weighted by Gasteiger charge is -2.33. The van der Waals surface area contributed by atoms with Gasteiger partial charge < -0.3 is 19.8 Å². The highest BCUT2D eigenvalue weighted by atomic mass is 35.5. The van der Waals surface area contributed by atoms with Crippen molar-refractivity contribution in [3.05, 3.63) is 58.5 Å². The standard InChI is InChI=1S/C21H26ClN3O4/c1-15-6-7-19(29-15)18(25-10-12-28-13-11-25)14-24-20(26)8-9-23-21(27)16-4-2-3-5-17(16)22/h2-7,18H,8-14H2,1H3,(H,23,27)(H,24,26). The molecule has 7 nitrogen and oxygen atoms in total. The van der Waals surface area contributed by atoms with Gasteiger partial charge in [0.2, 0.25) is 5.91 Å². The lowest BCUT2D eigenvalue weighted by atomic mass is 10.1. The largest absolute Gasteiger partial charge is 0.465 e. The molecule has 1 aromatic heterocycles. The summed E-state index contributed by atoms with van der Waals surface area (Å²) in [5.41, 5.74) is 0.398. The number of hydrogen-bond donors (Lipinski definition) is 2. The Balaban J connectivity index is 1.48. The number of halogens is 1.